The molecular formula is C23H29NO3. The highest BCUT2D eigenvalue weighted by atomic mass is 16.4. The number of benzene rings is 1. The minimum atomic E-state index is -0.895. The summed E-state index contributed by atoms with van der Waals surface area (Å²) in [4.78, 5) is 23.7. The van der Waals surface area contributed by atoms with E-state index in [1.54, 1.807) is 23.7 Å². The Labute approximate surface area is 161 Å². The highest BCUT2D eigenvalue weighted by Crippen LogP contribution is 2.37. The molecule has 1 aliphatic rings. The Morgan fingerprint density at radius 1 is 1.04 bits per heavy atom. The van der Waals surface area contributed by atoms with Crippen LogP contribution in [0, 0.1) is 5.92 Å². The topological polar surface area (TPSA) is 59.3 Å². The second-order valence-corrected chi connectivity index (χ2v) is 7.80. The molecule has 1 fully saturated rings. The SMILES string of the molecule is CCCC1CCC(c2ccc(C(=O)c3ccc(CC(=O)O)n3C)cc2)CC1. The molecule has 27 heavy (non-hydrogen) atoms. The number of carboxylic acid groups (broad SMARTS) is 1. The lowest BCUT2D eigenvalue weighted by atomic mass is 9.77. The van der Waals surface area contributed by atoms with Crippen molar-refractivity contribution in [2.45, 2.75) is 57.8 Å². The molecule has 1 aliphatic carbocycles. The zero-order chi connectivity index (χ0) is 19.4. The van der Waals surface area contributed by atoms with E-state index in [0.29, 0.717) is 22.9 Å². The lowest BCUT2D eigenvalue weighted by molar-refractivity contribution is -0.136. The molecule has 0 atom stereocenters. The molecule has 3 rings (SSSR count). The lowest BCUT2D eigenvalue weighted by Gasteiger charge is -2.28. The van der Waals surface area contributed by atoms with Gasteiger partial charge in [0.25, 0.3) is 0 Å². The maximum Gasteiger partial charge on any atom is 0.309 e. The van der Waals surface area contributed by atoms with Crippen LogP contribution in [-0.2, 0) is 18.3 Å². The lowest BCUT2D eigenvalue weighted by Crippen LogP contribution is -2.14. The standard InChI is InChI=1S/C23H29NO3/c1-3-4-16-5-7-17(8-6-16)18-9-11-19(12-10-18)23(27)21-14-13-20(24(21)2)15-22(25)26/h9-14,16-17H,3-8,15H2,1-2H3,(H,25,26). The van der Waals surface area contributed by atoms with Crippen molar-refractivity contribution < 1.29 is 14.7 Å². The first-order chi connectivity index (χ1) is 13.0. The molecule has 1 aromatic heterocycles. The van der Waals surface area contributed by atoms with Crippen LogP contribution in [0.2, 0.25) is 0 Å². The first kappa shape index (κ1) is 19.4. The minimum Gasteiger partial charge on any atom is -0.481 e. The van der Waals surface area contributed by atoms with Gasteiger partial charge in [-0.15, -0.1) is 0 Å². The summed E-state index contributed by atoms with van der Waals surface area (Å²) in [6.07, 6.45) is 7.66. The summed E-state index contributed by atoms with van der Waals surface area (Å²) in [6, 6.07) is 11.5. The smallest absolute Gasteiger partial charge is 0.309 e. The molecule has 0 bridgehead atoms. The van der Waals surface area contributed by atoms with Crippen LogP contribution in [0.25, 0.3) is 0 Å². The van der Waals surface area contributed by atoms with Gasteiger partial charge in [-0.25, -0.2) is 0 Å². The number of carbonyl (C=O) groups is 2. The fourth-order valence-electron chi connectivity index (χ4n) is 4.36. The summed E-state index contributed by atoms with van der Waals surface area (Å²) in [5.74, 6) is 0.546. The zero-order valence-electron chi connectivity index (χ0n) is 16.3. The monoisotopic (exact) mass is 367 g/mol. The summed E-state index contributed by atoms with van der Waals surface area (Å²) < 4.78 is 1.68. The Morgan fingerprint density at radius 2 is 1.70 bits per heavy atom. The molecule has 1 N–H and O–H groups in total. The van der Waals surface area contributed by atoms with Gasteiger partial charge in [0.05, 0.1) is 12.1 Å². The quantitative estimate of drug-likeness (QED) is 0.704. The molecule has 144 valence electrons. The summed E-state index contributed by atoms with van der Waals surface area (Å²) in [5.41, 5.74) is 3.15. The number of ketones is 1. The number of carboxylic acids is 1. The number of carbonyl (C=O) groups excluding carboxylic acids is 1. The van der Waals surface area contributed by atoms with Crippen LogP contribution in [0.4, 0.5) is 0 Å². The molecule has 4 heteroatoms. The van der Waals surface area contributed by atoms with Crippen LogP contribution < -0.4 is 0 Å². The van der Waals surface area contributed by atoms with E-state index in [0.717, 1.165) is 5.92 Å². The van der Waals surface area contributed by atoms with Crippen molar-refractivity contribution in [1.29, 1.82) is 0 Å². The first-order valence-corrected chi connectivity index (χ1v) is 10.0. The van der Waals surface area contributed by atoms with E-state index in [4.69, 9.17) is 5.11 Å². The fraction of sp³-hybridized carbons (Fsp3) is 0.478. The second-order valence-electron chi connectivity index (χ2n) is 7.80. The number of nitrogens with zero attached hydrogens (tertiary/aromatic N) is 1. The molecule has 1 saturated carbocycles. The zero-order valence-corrected chi connectivity index (χ0v) is 16.3. The third-order valence-corrected chi connectivity index (χ3v) is 5.98. The van der Waals surface area contributed by atoms with Crippen LogP contribution in [0.15, 0.2) is 36.4 Å². The molecule has 0 unspecified atom stereocenters. The Bertz CT molecular complexity index is 796. The molecule has 0 radical (unpaired) electrons. The average molecular weight is 367 g/mol. The molecule has 1 aromatic carbocycles. The molecule has 0 spiro atoms. The van der Waals surface area contributed by atoms with Gasteiger partial charge < -0.3 is 9.67 Å². The Hall–Kier alpha value is -2.36. The predicted octanol–water partition coefficient (Wildman–Crippen LogP) is 4.96. The van der Waals surface area contributed by atoms with Gasteiger partial charge in [-0.3, -0.25) is 9.59 Å². The molecule has 1 heterocycles. The number of hydrogen-bond donors (Lipinski definition) is 1. The fourth-order valence-corrected chi connectivity index (χ4v) is 4.36. The molecular weight excluding hydrogens is 338 g/mol. The van der Waals surface area contributed by atoms with Crippen LogP contribution in [0.1, 0.15) is 78.7 Å². The maximum atomic E-state index is 12.8. The van der Waals surface area contributed by atoms with Crippen LogP contribution in [0.3, 0.4) is 0 Å². The van der Waals surface area contributed by atoms with Crippen molar-refractivity contribution in [2.75, 3.05) is 0 Å². The summed E-state index contributed by atoms with van der Waals surface area (Å²) >= 11 is 0. The molecule has 0 aliphatic heterocycles. The average Bonchev–Trinajstić information content (AvgIpc) is 3.02. The van der Waals surface area contributed by atoms with E-state index in [1.807, 2.05) is 12.1 Å². The molecule has 2 aromatic rings. The van der Waals surface area contributed by atoms with Gasteiger partial charge in [0, 0.05) is 18.3 Å². The highest BCUT2D eigenvalue weighted by Gasteiger charge is 2.22. The van der Waals surface area contributed by atoms with E-state index in [1.165, 1.54) is 44.1 Å². The predicted molar refractivity (Wildman–Crippen MR) is 106 cm³/mol. The number of aromatic nitrogens is 1. The van der Waals surface area contributed by atoms with E-state index in [2.05, 4.69) is 19.1 Å². The number of rotatable bonds is 7. The van der Waals surface area contributed by atoms with Gasteiger partial charge in [-0.05, 0) is 55.2 Å². The number of hydrogen-bond acceptors (Lipinski definition) is 2. The van der Waals surface area contributed by atoms with Crippen molar-refractivity contribution in [3.8, 4) is 0 Å². The van der Waals surface area contributed by atoms with Crippen LogP contribution in [0.5, 0.6) is 0 Å². The minimum absolute atomic E-state index is 0.0626. The largest absolute Gasteiger partial charge is 0.481 e. The number of aliphatic carboxylic acids is 1. The maximum absolute atomic E-state index is 12.8. The Kier molecular flexibility index (Phi) is 6.15. The highest BCUT2D eigenvalue weighted by molar-refractivity contribution is 6.08. The van der Waals surface area contributed by atoms with Gasteiger partial charge in [-0.2, -0.15) is 0 Å². The third kappa shape index (κ3) is 4.49. The van der Waals surface area contributed by atoms with Crippen molar-refractivity contribution in [3.05, 3.63) is 58.9 Å². The first-order valence-electron chi connectivity index (χ1n) is 10.0. The van der Waals surface area contributed by atoms with E-state index in [-0.39, 0.29) is 12.2 Å². The van der Waals surface area contributed by atoms with Gasteiger partial charge in [0.2, 0.25) is 5.78 Å². The Balaban J connectivity index is 1.68. The van der Waals surface area contributed by atoms with Crippen molar-refractivity contribution >= 4 is 11.8 Å². The van der Waals surface area contributed by atoms with E-state index in [9.17, 15) is 9.59 Å². The third-order valence-electron chi connectivity index (χ3n) is 5.98. The normalized spacial score (nSPS) is 19.8. The van der Waals surface area contributed by atoms with Crippen LogP contribution in [-0.4, -0.2) is 21.4 Å². The molecule has 0 saturated heterocycles. The second kappa shape index (κ2) is 8.55. The van der Waals surface area contributed by atoms with Gasteiger partial charge in [-0.1, -0.05) is 44.0 Å². The van der Waals surface area contributed by atoms with E-state index < -0.39 is 5.97 Å². The van der Waals surface area contributed by atoms with Crippen molar-refractivity contribution in [1.82, 2.24) is 4.57 Å². The van der Waals surface area contributed by atoms with E-state index >= 15 is 0 Å². The van der Waals surface area contributed by atoms with Gasteiger partial charge in [0.1, 0.15) is 0 Å². The van der Waals surface area contributed by atoms with Gasteiger partial charge >= 0.3 is 5.97 Å². The van der Waals surface area contributed by atoms with Crippen molar-refractivity contribution in [2.24, 2.45) is 13.0 Å². The summed E-state index contributed by atoms with van der Waals surface area (Å²) in [5, 5.41) is 8.96. The molecule has 0 amide bonds. The summed E-state index contributed by atoms with van der Waals surface area (Å²) in [6.45, 7) is 2.26. The van der Waals surface area contributed by atoms with Crippen molar-refractivity contribution in [3.63, 3.8) is 0 Å². The van der Waals surface area contributed by atoms with Gasteiger partial charge in [0.15, 0.2) is 0 Å². The van der Waals surface area contributed by atoms with Crippen LogP contribution >= 0.6 is 0 Å². The molecule has 4 nitrogen and oxygen atoms in total. The summed E-state index contributed by atoms with van der Waals surface area (Å²) in [7, 11) is 1.74. The Morgan fingerprint density at radius 3 is 2.30 bits per heavy atom.